The molecule has 0 spiro atoms. The third-order valence-corrected chi connectivity index (χ3v) is 3.86. The normalized spacial score (nSPS) is 23.1. The Balaban J connectivity index is 0.00000180. The molecule has 20 heavy (non-hydrogen) atoms. The summed E-state index contributed by atoms with van der Waals surface area (Å²) in [4.78, 5) is 16.6. The average molecular weight is 328 g/mol. The van der Waals surface area contributed by atoms with Crippen LogP contribution in [0.3, 0.4) is 0 Å². The minimum atomic E-state index is 0. The second-order valence-corrected chi connectivity index (χ2v) is 5.15. The fourth-order valence-corrected chi connectivity index (χ4v) is 2.81. The van der Waals surface area contributed by atoms with Crippen LogP contribution in [0.25, 0.3) is 0 Å². The van der Waals surface area contributed by atoms with Gasteiger partial charge in [0.15, 0.2) is 0 Å². The van der Waals surface area contributed by atoms with Gasteiger partial charge in [-0.05, 0) is 19.9 Å². The first kappa shape index (κ1) is 19.9. The van der Waals surface area contributed by atoms with E-state index < -0.39 is 0 Å². The standard InChI is InChI=1S/C13H25N3O2.2ClH/c1-14-5-4-13(17)16-6-2-3-12(16)11-15-7-9-18-10-8-15;;/h12,14H,2-11H2,1H3;2*1H. The summed E-state index contributed by atoms with van der Waals surface area (Å²) in [5.41, 5.74) is 0. The molecule has 1 amide bonds. The first-order chi connectivity index (χ1) is 8.81. The number of nitrogens with zero attached hydrogens (tertiary/aromatic N) is 2. The number of rotatable bonds is 5. The molecule has 0 saturated carbocycles. The van der Waals surface area contributed by atoms with E-state index in [-0.39, 0.29) is 24.8 Å². The number of nitrogens with one attached hydrogen (secondary N) is 1. The number of hydrogen-bond acceptors (Lipinski definition) is 4. The molecule has 5 nitrogen and oxygen atoms in total. The molecule has 2 rings (SSSR count). The van der Waals surface area contributed by atoms with E-state index >= 15 is 0 Å². The van der Waals surface area contributed by atoms with Gasteiger partial charge in [-0.15, -0.1) is 24.8 Å². The number of ether oxygens (including phenoxy) is 1. The predicted molar refractivity (Wildman–Crippen MR) is 85.0 cm³/mol. The summed E-state index contributed by atoms with van der Waals surface area (Å²) in [5, 5.41) is 3.04. The monoisotopic (exact) mass is 327 g/mol. The Morgan fingerprint density at radius 2 is 1.95 bits per heavy atom. The van der Waals surface area contributed by atoms with Gasteiger partial charge in [0.2, 0.25) is 5.91 Å². The molecule has 0 radical (unpaired) electrons. The maximum absolute atomic E-state index is 12.1. The van der Waals surface area contributed by atoms with Gasteiger partial charge in [0, 0.05) is 45.2 Å². The van der Waals surface area contributed by atoms with E-state index in [0.29, 0.717) is 18.4 Å². The molecule has 0 aromatic carbocycles. The molecule has 1 unspecified atom stereocenters. The summed E-state index contributed by atoms with van der Waals surface area (Å²) in [6, 6.07) is 0.424. The smallest absolute Gasteiger partial charge is 0.224 e. The summed E-state index contributed by atoms with van der Waals surface area (Å²) in [6.07, 6.45) is 2.93. The van der Waals surface area contributed by atoms with Crippen LogP contribution in [0.1, 0.15) is 19.3 Å². The third-order valence-electron chi connectivity index (χ3n) is 3.86. The number of halogens is 2. The zero-order chi connectivity index (χ0) is 12.8. The third kappa shape index (κ3) is 5.74. The molecule has 2 saturated heterocycles. The van der Waals surface area contributed by atoms with Crippen LogP contribution in [-0.4, -0.2) is 74.7 Å². The van der Waals surface area contributed by atoms with Crippen molar-refractivity contribution < 1.29 is 9.53 Å². The fourth-order valence-electron chi connectivity index (χ4n) is 2.81. The molecule has 2 aliphatic heterocycles. The lowest BCUT2D eigenvalue weighted by molar-refractivity contribution is -0.132. The van der Waals surface area contributed by atoms with E-state index in [1.54, 1.807) is 0 Å². The lowest BCUT2D eigenvalue weighted by Gasteiger charge is -2.33. The maximum atomic E-state index is 12.1. The van der Waals surface area contributed by atoms with Crippen molar-refractivity contribution in [2.24, 2.45) is 0 Å². The first-order valence-corrected chi connectivity index (χ1v) is 7.05. The number of amides is 1. The van der Waals surface area contributed by atoms with Gasteiger partial charge < -0.3 is 15.0 Å². The first-order valence-electron chi connectivity index (χ1n) is 7.05. The number of carbonyl (C=O) groups is 1. The average Bonchev–Trinajstić information content (AvgIpc) is 2.85. The molecule has 2 aliphatic rings. The Kier molecular flexibility index (Phi) is 10.6. The Morgan fingerprint density at radius 3 is 2.60 bits per heavy atom. The van der Waals surface area contributed by atoms with Gasteiger partial charge in [-0.25, -0.2) is 0 Å². The zero-order valence-corrected chi connectivity index (χ0v) is 13.8. The molecule has 7 heteroatoms. The second kappa shape index (κ2) is 10.6. The molecule has 1 N–H and O–H groups in total. The van der Waals surface area contributed by atoms with Crippen molar-refractivity contribution in [3.63, 3.8) is 0 Å². The van der Waals surface area contributed by atoms with Crippen molar-refractivity contribution in [1.82, 2.24) is 15.1 Å². The van der Waals surface area contributed by atoms with Crippen molar-refractivity contribution >= 4 is 30.7 Å². The van der Waals surface area contributed by atoms with Crippen LogP contribution in [0.4, 0.5) is 0 Å². The quantitative estimate of drug-likeness (QED) is 0.809. The van der Waals surface area contributed by atoms with Crippen LogP contribution in [-0.2, 0) is 9.53 Å². The number of carbonyl (C=O) groups excluding carboxylic acids is 1. The van der Waals surface area contributed by atoms with Crippen LogP contribution in [0.5, 0.6) is 0 Å². The molecule has 0 aromatic heterocycles. The van der Waals surface area contributed by atoms with Gasteiger partial charge in [-0.3, -0.25) is 9.69 Å². The molecule has 0 bridgehead atoms. The lowest BCUT2D eigenvalue weighted by Crippen LogP contribution is -2.47. The Hall–Kier alpha value is -0.0700. The Labute approximate surface area is 134 Å². The summed E-state index contributed by atoms with van der Waals surface area (Å²) < 4.78 is 5.36. The number of likely N-dealkylation sites (tertiary alicyclic amines) is 1. The molecule has 1 atom stereocenters. The molecule has 2 fully saturated rings. The minimum Gasteiger partial charge on any atom is -0.379 e. The van der Waals surface area contributed by atoms with Crippen LogP contribution in [0.2, 0.25) is 0 Å². The van der Waals surface area contributed by atoms with Gasteiger partial charge >= 0.3 is 0 Å². The Bertz CT molecular complexity index is 276. The van der Waals surface area contributed by atoms with Crippen LogP contribution in [0.15, 0.2) is 0 Å². The van der Waals surface area contributed by atoms with Crippen molar-refractivity contribution in [1.29, 1.82) is 0 Å². The van der Waals surface area contributed by atoms with Crippen LogP contribution >= 0.6 is 24.8 Å². The summed E-state index contributed by atoms with van der Waals surface area (Å²) >= 11 is 0. The summed E-state index contributed by atoms with van der Waals surface area (Å²) in [7, 11) is 1.89. The summed E-state index contributed by atoms with van der Waals surface area (Å²) in [6.45, 7) is 6.43. The highest BCUT2D eigenvalue weighted by Gasteiger charge is 2.29. The molecule has 2 heterocycles. The van der Waals surface area contributed by atoms with E-state index in [1.165, 1.54) is 0 Å². The van der Waals surface area contributed by atoms with Crippen LogP contribution < -0.4 is 5.32 Å². The lowest BCUT2D eigenvalue weighted by atomic mass is 10.2. The van der Waals surface area contributed by atoms with Gasteiger partial charge in [-0.1, -0.05) is 0 Å². The molecular formula is C13H27Cl2N3O2. The molecule has 0 aliphatic carbocycles. The SMILES string of the molecule is CNCCC(=O)N1CCCC1CN1CCOCC1.Cl.Cl. The van der Waals surface area contributed by atoms with Crippen molar-refractivity contribution in [3.8, 4) is 0 Å². The highest BCUT2D eigenvalue weighted by molar-refractivity contribution is 5.85. The minimum absolute atomic E-state index is 0. The highest BCUT2D eigenvalue weighted by atomic mass is 35.5. The largest absolute Gasteiger partial charge is 0.379 e. The molecule has 0 aromatic rings. The van der Waals surface area contributed by atoms with Gasteiger partial charge in [0.25, 0.3) is 0 Å². The van der Waals surface area contributed by atoms with E-state index in [0.717, 1.165) is 58.8 Å². The zero-order valence-electron chi connectivity index (χ0n) is 12.2. The van der Waals surface area contributed by atoms with Crippen molar-refractivity contribution in [2.75, 3.05) is 53.0 Å². The fraction of sp³-hybridized carbons (Fsp3) is 0.923. The van der Waals surface area contributed by atoms with Crippen molar-refractivity contribution in [2.45, 2.75) is 25.3 Å². The van der Waals surface area contributed by atoms with Crippen LogP contribution in [0, 0.1) is 0 Å². The predicted octanol–water partition coefficient (Wildman–Crippen LogP) is 0.763. The number of hydrogen-bond donors (Lipinski definition) is 1. The summed E-state index contributed by atoms with van der Waals surface area (Å²) in [5.74, 6) is 0.306. The molecular weight excluding hydrogens is 301 g/mol. The van der Waals surface area contributed by atoms with Crippen molar-refractivity contribution in [3.05, 3.63) is 0 Å². The van der Waals surface area contributed by atoms with Gasteiger partial charge in [-0.2, -0.15) is 0 Å². The number of morpholine rings is 1. The Morgan fingerprint density at radius 1 is 1.25 bits per heavy atom. The highest BCUT2D eigenvalue weighted by Crippen LogP contribution is 2.19. The van der Waals surface area contributed by atoms with Gasteiger partial charge in [0.05, 0.1) is 13.2 Å². The van der Waals surface area contributed by atoms with E-state index in [1.807, 2.05) is 7.05 Å². The van der Waals surface area contributed by atoms with Gasteiger partial charge in [0.1, 0.15) is 0 Å². The van der Waals surface area contributed by atoms with E-state index in [9.17, 15) is 4.79 Å². The second-order valence-electron chi connectivity index (χ2n) is 5.15. The van der Waals surface area contributed by atoms with E-state index in [2.05, 4.69) is 15.1 Å². The molecule has 120 valence electrons. The maximum Gasteiger partial charge on any atom is 0.224 e. The topological polar surface area (TPSA) is 44.8 Å². The van der Waals surface area contributed by atoms with E-state index in [4.69, 9.17) is 4.74 Å².